The molecule has 5 aromatic rings. The molecule has 0 radical (unpaired) electrons. The van der Waals surface area contributed by atoms with Gasteiger partial charge in [0.05, 0.1) is 5.92 Å². The molecule has 0 fully saturated rings. The molecule has 0 N–H and O–H groups in total. The molecule has 0 bridgehead atoms. The monoisotopic (exact) mass is 528 g/mol. The summed E-state index contributed by atoms with van der Waals surface area (Å²) in [7, 11) is 0. The molecule has 2 unspecified atom stereocenters. The van der Waals surface area contributed by atoms with Gasteiger partial charge in [-0.2, -0.15) is 0 Å². The smallest absolute Gasteiger partial charge is 0.135 e. The maximum Gasteiger partial charge on any atom is 0.135 e. The molecule has 0 saturated carbocycles. The van der Waals surface area contributed by atoms with Crippen molar-refractivity contribution in [1.82, 2.24) is 0 Å². The van der Waals surface area contributed by atoms with Crippen LogP contribution in [0.25, 0.3) is 21.5 Å². The summed E-state index contributed by atoms with van der Waals surface area (Å²) in [5.41, 5.74) is 3.75. The van der Waals surface area contributed by atoms with Crippen LogP contribution in [0.5, 0.6) is 5.75 Å². The van der Waals surface area contributed by atoms with Gasteiger partial charge in [0.25, 0.3) is 0 Å². The van der Waals surface area contributed by atoms with Crippen molar-refractivity contribution < 1.29 is 4.74 Å². The summed E-state index contributed by atoms with van der Waals surface area (Å²) in [6, 6.07) is 34.4. The Hall–Kier alpha value is -2.62. The average molecular weight is 530 g/mol. The van der Waals surface area contributed by atoms with Gasteiger partial charge in [0.15, 0.2) is 0 Å². The van der Waals surface area contributed by atoms with Crippen molar-refractivity contribution in [3.63, 3.8) is 0 Å². The fraction of sp³-hybridized carbons (Fsp3) is 0.0714. The lowest BCUT2D eigenvalue weighted by Gasteiger charge is -2.20. The Kier molecular flexibility index (Phi) is 4.62. The van der Waals surface area contributed by atoms with Gasteiger partial charge in [0, 0.05) is 19.9 Å². The van der Waals surface area contributed by atoms with E-state index in [1.807, 2.05) is 0 Å². The van der Waals surface area contributed by atoms with Gasteiger partial charge in [-0.25, -0.2) is 0 Å². The van der Waals surface area contributed by atoms with E-state index in [0.717, 1.165) is 20.1 Å². The average Bonchev–Trinajstić information content (AvgIpc) is 3.21. The van der Waals surface area contributed by atoms with Crippen LogP contribution in [0, 0.1) is 0 Å². The first kappa shape index (κ1) is 19.1. The highest BCUT2D eigenvalue weighted by Crippen LogP contribution is 2.55. The van der Waals surface area contributed by atoms with Crippen molar-refractivity contribution in [1.29, 1.82) is 0 Å². The van der Waals surface area contributed by atoms with Gasteiger partial charge < -0.3 is 4.74 Å². The van der Waals surface area contributed by atoms with Crippen molar-refractivity contribution in [2.45, 2.75) is 12.0 Å². The van der Waals surface area contributed by atoms with Crippen LogP contribution >= 0.6 is 31.9 Å². The van der Waals surface area contributed by atoms with E-state index in [0.29, 0.717) is 0 Å². The SMILES string of the molecule is Brc1ccc2c3c(c4ccc(Br)cc4c2c1)C(c1ccccc1)C(c1ccccc1)O3. The molecule has 1 aliphatic rings. The number of halogens is 2. The summed E-state index contributed by atoms with van der Waals surface area (Å²) in [5.74, 6) is 1.12. The first-order valence-electron chi connectivity index (χ1n) is 10.3. The molecule has 150 valence electrons. The Balaban J connectivity index is 1.73. The highest BCUT2D eigenvalue weighted by molar-refractivity contribution is 9.10. The molecule has 5 aromatic carbocycles. The molecule has 2 atom stereocenters. The third-order valence-electron chi connectivity index (χ3n) is 6.18. The Morgan fingerprint density at radius 1 is 0.548 bits per heavy atom. The van der Waals surface area contributed by atoms with Crippen LogP contribution in [-0.2, 0) is 0 Å². The molecule has 6 rings (SSSR count). The van der Waals surface area contributed by atoms with E-state index in [1.54, 1.807) is 0 Å². The van der Waals surface area contributed by atoms with Crippen LogP contribution < -0.4 is 4.74 Å². The van der Waals surface area contributed by atoms with Crippen LogP contribution in [-0.4, -0.2) is 0 Å². The third kappa shape index (κ3) is 3.10. The molecule has 0 saturated heterocycles. The van der Waals surface area contributed by atoms with Crippen LogP contribution in [0.4, 0.5) is 0 Å². The first-order valence-corrected chi connectivity index (χ1v) is 11.9. The summed E-state index contributed by atoms with van der Waals surface area (Å²) in [5, 5.41) is 4.84. The molecule has 0 aromatic heterocycles. The van der Waals surface area contributed by atoms with Gasteiger partial charge in [-0.1, -0.05) is 98.6 Å². The zero-order valence-corrected chi connectivity index (χ0v) is 19.7. The largest absolute Gasteiger partial charge is 0.484 e. The molecule has 1 heterocycles. The molecule has 31 heavy (non-hydrogen) atoms. The van der Waals surface area contributed by atoms with E-state index in [9.17, 15) is 0 Å². The van der Waals surface area contributed by atoms with E-state index in [1.165, 1.54) is 32.8 Å². The number of ether oxygens (including phenoxy) is 1. The van der Waals surface area contributed by atoms with Crippen molar-refractivity contribution in [3.8, 4) is 5.75 Å². The number of fused-ring (bicyclic) bond motifs is 6. The van der Waals surface area contributed by atoms with E-state index in [-0.39, 0.29) is 12.0 Å². The van der Waals surface area contributed by atoms with Gasteiger partial charge in [0.2, 0.25) is 0 Å². The molecule has 0 aliphatic carbocycles. The van der Waals surface area contributed by atoms with Gasteiger partial charge in [-0.15, -0.1) is 0 Å². The molecule has 1 aliphatic heterocycles. The fourth-order valence-electron chi connectivity index (χ4n) is 4.87. The van der Waals surface area contributed by atoms with E-state index >= 15 is 0 Å². The van der Waals surface area contributed by atoms with Crippen molar-refractivity contribution in [3.05, 3.63) is 123 Å². The molecule has 3 heteroatoms. The maximum atomic E-state index is 6.82. The number of benzene rings is 5. The lowest BCUT2D eigenvalue weighted by molar-refractivity contribution is 0.224. The summed E-state index contributed by atoms with van der Waals surface area (Å²) < 4.78 is 8.97. The second-order valence-electron chi connectivity index (χ2n) is 7.96. The van der Waals surface area contributed by atoms with Crippen molar-refractivity contribution in [2.24, 2.45) is 0 Å². The van der Waals surface area contributed by atoms with Crippen LogP contribution in [0.15, 0.2) is 106 Å². The minimum absolute atomic E-state index is 0.0697. The summed E-state index contributed by atoms with van der Waals surface area (Å²) in [4.78, 5) is 0. The number of hydrogen-bond donors (Lipinski definition) is 0. The fourth-order valence-corrected chi connectivity index (χ4v) is 5.59. The van der Waals surface area contributed by atoms with E-state index < -0.39 is 0 Å². The number of hydrogen-bond acceptors (Lipinski definition) is 1. The summed E-state index contributed by atoms with van der Waals surface area (Å²) >= 11 is 7.34. The summed E-state index contributed by atoms with van der Waals surface area (Å²) in [6.45, 7) is 0. The quantitative estimate of drug-likeness (QED) is 0.207. The normalized spacial score (nSPS) is 17.6. The van der Waals surface area contributed by atoms with E-state index in [2.05, 4.69) is 129 Å². The first-order chi connectivity index (χ1) is 15.2. The predicted molar refractivity (Wildman–Crippen MR) is 135 cm³/mol. The Morgan fingerprint density at radius 2 is 1.10 bits per heavy atom. The minimum atomic E-state index is -0.0697. The Morgan fingerprint density at radius 3 is 1.74 bits per heavy atom. The molecule has 1 nitrogen and oxygen atoms in total. The van der Waals surface area contributed by atoms with Crippen molar-refractivity contribution >= 4 is 53.4 Å². The highest BCUT2D eigenvalue weighted by Gasteiger charge is 2.39. The summed E-state index contributed by atoms with van der Waals surface area (Å²) in [6.07, 6.45) is -0.0697. The van der Waals surface area contributed by atoms with Gasteiger partial charge in [0.1, 0.15) is 11.9 Å². The highest BCUT2D eigenvalue weighted by atomic mass is 79.9. The van der Waals surface area contributed by atoms with Gasteiger partial charge in [-0.3, -0.25) is 0 Å². The van der Waals surface area contributed by atoms with Gasteiger partial charge >= 0.3 is 0 Å². The molecular formula is C28H18Br2O. The predicted octanol–water partition coefficient (Wildman–Crippen LogP) is 8.78. The zero-order chi connectivity index (χ0) is 20.9. The molecule has 0 spiro atoms. The van der Waals surface area contributed by atoms with Crippen LogP contribution in [0.3, 0.4) is 0 Å². The molecular weight excluding hydrogens is 512 g/mol. The van der Waals surface area contributed by atoms with E-state index in [4.69, 9.17) is 4.74 Å². The number of rotatable bonds is 2. The zero-order valence-electron chi connectivity index (χ0n) is 16.6. The minimum Gasteiger partial charge on any atom is -0.484 e. The van der Waals surface area contributed by atoms with Gasteiger partial charge in [-0.05, 0) is 57.6 Å². The lowest BCUT2D eigenvalue weighted by atomic mass is 9.82. The Labute approximate surface area is 197 Å². The van der Waals surface area contributed by atoms with Crippen LogP contribution in [0.1, 0.15) is 28.7 Å². The van der Waals surface area contributed by atoms with Crippen LogP contribution in [0.2, 0.25) is 0 Å². The second kappa shape index (κ2) is 7.51. The molecule has 0 amide bonds. The standard InChI is InChI=1S/C28H18Br2O/c29-19-11-13-21-23(15-19)24-16-20(30)12-14-22(24)28-26(21)25(17-7-3-1-4-8-17)27(31-28)18-9-5-2-6-10-18/h1-16,25,27H. The Bertz CT molecular complexity index is 1430. The lowest BCUT2D eigenvalue weighted by Crippen LogP contribution is -2.11. The van der Waals surface area contributed by atoms with Crippen molar-refractivity contribution in [2.75, 3.05) is 0 Å². The third-order valence-corrected chi connectivity index (χ3v) is 7.16. The topological polar surface area (TPSA) is 9.23 Å². The second-order valence-corrected chi connectivity index (χ2v) is 9.79. The maximum absolute atomic E-state index is 6.82.